The zero-order valence-corrected chi connectivity index (χ0v) is 15.0. The molecular weight excluding hydrogens is 393 g/mol. The van der Waals surface area contributed by atoms with Crippen molar-refractivity contribution >= 4 is 17.5 Å². The Labute approximate surface area is 161 Å². The number of alkyl halides is 3. The molecule has 0 spiro atoms. The molecule has 2 heterocycles. The highest BCUT2D eigenvalue weighted by molar-refractivity contribution is 6.00. The fraction of sp³-hybridized carbons (Fsp3) is 0.222. The van der Waals surface area contributed by atoms with Crippen molar-refractivity contribution in [3.05, 3.63) is 47.8 Å². The molecule has 0 aliphatic heterocycles. The van der Waals surface area contributed by atoms with Crippen LogP contribution in [-0.4, -0.2) is 45.2 Å². The van der Waals surface area contributed by atoms with Gasteiger partial charge in [-0.2, -0.15) is 18.3 Å². The first-order valence-electron chi connectivity index (χ1n) is 8.31. The summed E-state index contributed by atoms with van der Waals surface area (Å²) in [7, 11) is 1.46. The first-order chi connectivity index (χ1) is 13.7. The molecule has 0 saturated heterocycles. The number of amides is 1. The summed E-state index contributed by atoms with van der Waals surface area (Å²) in [5, 5.41) is 14.6. The molecule has 1 amide bonds. The minimum Gasteiger partial charge on any atom is -0.497 e. The zero-order valence-electron chi connectivity index (χ0n) is 15.0. The van der Waals surface area contributed by atoms with Crippen molar-refractivity contribution in [2.75, 3.05) is 13.7 Å². The lowest BCUT2D eigenvalue weighted by molar-refractivity contribution is -0.142. The molecule has 3 aromatic rings. The SMILES string of the molecule is COc1ccc(-c2cc(C(F)(F)F)n3ncc(C(=O)NCCC(=O)O)c3n2)cc1. The molecule has 1 aromatic carbocycles. The van der Waals surface area contributed by atoms with E-state index in [0.29, 0.717) is 15.8 Å². The Kier molecular flexibility index (Phi) is 5.39. The second-order valence-electron chi connectivity index (χ2n) is 5.95. The van der Waals surface area contributed by atoms with Gasteiger partial charge in [-0.1, -0.05) is 0 Å². The molecule has 0 unspecified atom stereocenters. The molecule has 152 valence electrons. The van der Waals surface area contributed by atoms with Gasteiger partial charge in [-0.05, 0) is 30.3 Å². The number of benzene rings is 1. The maximum atomic E-state index is 13.6. The van der Waals surface area contributed by atoms with Crippen LogP contribution in [0.1, 0.15) is 22.5 Å². The highest BCUT2D eigenvalue weighted by Crippen LogP contribution is 2.33. The van der Waals surface area contributed by atoms with Crippen LogP contribution in [0.5, 0.6) is 5.75 Å². The van der Waals surface area contributed by atoms with Crippen LogP contribution >= 0.6 is 0 Å². The second-order valence-corrected chi connectivity index (χ2v) is 5.95. The van der Waals surface area contributed by atoms with Gasteiger partial charge in [-0.25, -0.2) is 9.50 Å². The van der Waals surface area contributed by atoms with Crippen LogP contribution in [0.2, 0.25) is 0 Å². The van der Waals surface area contributed by atoms with Crippen molar-refractivity contribution in [3.63, 3.8) is 0 Å². The van der Waals surface area contributed by atoms with Gasteiger partial charge in [0.2, 0.25) is 0 Å². The molecule has 0 fully saturated rings. The number of halogens is 3. The number of carbonyl (C=O) groups excluding carboxylic acids is 1. The second kappa shape index (κ2) is 7.78. The number of rotatable bonds is 6. The Bertz CT molecular complexity index is 1060. The number of aromatic nitrogens is 3. The van der Waals surface area contributed by atoms with Gasteiger partial charge in [0.1, 0.15) is 11.3 Å². The van der Waals surface area contributed by atoms with E-state index in [4.69, 9.17) is 9.84 Å². The first kappa shape index (κ1) is 20.1. The van der Waals surface area contributed by atoms with Crippen molar-refractivity contribution in [1.82, 2.24) is 19.9 Å². The van der Waals surface area contributed by atoms with E-state index in [1.807, 2.05) is 0 Å². The number of carboxylic acids is 1. The monoisotopic (exact) mass is 408 g/mol. The van der Waals surface area contributed by atoms with E-state index in [0.717, 1.165) is 12.3 Å². The van der Waals surface area contributed by atoms with E-state index in [1.54, 1.807) is 24.3 Å². The molecular formula is C18H15F3N4O4. The van der Waals surface area contributed by atoms with Crippen molar-refractivity contribution in [3.8, 4) is 17.0 Å². The molecule has 2 aromatic heterocycles. The molecule has 3 rings (SSSR count). The van der Waals surface area contributed by atoms with Crippen LogP contribution in [0.15, 0.2) is 36.5 Å². The molecule has 0 bridgehead atoms. The summed E-state index contributed by atoms with van der Waals surface area (Å²) in [6.45, 7) is -0.185. The number of nitrogens with one attached hydrogen (secondary N) is 1. The van der Waals surface area contributed by atoms with Gasteiger partial charge >= 0.3 is 12.1 Å². The summed E-state index contributed by atoms with van der Waals surface area (Å²) in [6.07, 6.45) is -4.11. The third kappa shape index (κ3) is 4.28. The number of hydrogen-bond acceptors (Lipinski definition) is 5. The van der Waals surface area contributed by atoms with E-state index in [2.05, 4.69) is 15.4 Å². The van der Waals surface area contributed by atoms with E-state index in [9.17, 15) is 22.8 Å². The lowest BCUT2D eigenvalue weighted by atomic mass is 10.1. The van der Waals surface area contributed by atoms with Crippen LogP contribution in [0.4, 0.5) is 13.2 Å². The van der Waals surface area contributed by atoms with Crippen molar-refractivity contribution in [2.45, 2.75) is 12.6 Å². The van der Waals surface area contributed by atoms with E-state index >= 15 is 0 Å². The van der Waals surface area contributed by atoms with Crippen LogP contribution < -0.4 is 10.1 Å². The Morgan fingerprint density at radius 3 is 2.52 bits per heavy atom. The fourth-order valence-corrected chi connectivity index (χ4v) is 2.61. The van der Waals surface area contributed by atoms with Crippen LogP contribution in [0, 0.1) is 0 Å². The normalized spacial score (nSPS) is 11.4. The standard InChI is InChI=1S/C18H15F3N4O4/c1-29-11-4-2-10(3-5-11)13-8-14(18(19,20)21)25-16(24-13)12(9-23-25)17(28)22-7-6-15(26)27/h2-5,8-9H,6-7H2,1H3,(H,22,28)(H,26,27). The molecule has 0 atom stereocenters. The fourth-order valence-electron chi connectivity index (χ4n) is 2.61. The zero-order chi connectivity index (χ0) is 21.2. The van der Waals surface area contributed by atoms with Gasteiger partial charge in [-0.15, -0.1) is 0 Å². The summed E-state index contributed by atoms with van der Waals surface area (Å²) in [5.74, 6) is -1.37. The smallest absolute Gasteiger partial charge is 0.433 e. The number of ether oxygens (including phenoxy) is 1. The van der Waals surface area contributed by atoms with Crippen molar-refractivity contribution in [2.24, 2.45) is 0 Å². The van der Waals surface area contributed by atoms with E-state index in [-0.39, 0.29) is 29.9 Å². The molecule has 8 nitrogen and oxygen atoms in total. The number of hydrogen-bond donors (Lipinski definition) is 2. The third-order valence-corrected chi connectivity index (χ3v) is 4.02. The van der Waals surface area contributed by atoms with Crippen molar-refractivity contribution in [1.29, 1.82) is 0 Å². The number of carbonyl (C=O) groups is 2. The minimum absolute atomic E-state index is 0.00689. The summed E-state index contributed by atoms with van der Waals surface area (Å²) < 4.78 is 46.3. The lowest BCUT2D eigenvalue weighted by Gasteiger charge is -2.12. The number of methoxy groups -OCH3 is 1. The predicted molar refractivity (Wildman–Crippen MR) is 94.6 cm³/mol. The van der Waals surface area contributed by atoms with Crippen LogP contribution in [0.3, 0.4) is 0 Å². The number of carboxylic acid groups (broad SMARTS) is 1. The summed E-state index contributed by atoms with van der Waals surface area (Å²) >= 11 is 0. The number of aliphatic carboxylic acids is 1. The maximum Gasteiger partial charge on any atom is 0.433 e. The van der Waals surface area contributed by atoms with Crippen molar-refractivity contribution < 1.29 is 32.6 Å². The first-order valence-corrected chi connectivity index (χ1v) is 8.31. The summed E-state index contributed by atoms with van der Waals surface area (Å²) in [6, 6.07) is 7.07. The molecule has 2 N–H and O–H groups in total. The average Bonchev–Trinajstić information content (AvgIpc) is 3.10. The molecule has 11 heteroatoms. The van der Waals surface area contributed by atoms with E-state index < -0.39 is 23.7 Å². The highest BCUT2D eigenvalue weighted by Gasteiger charge is 2.36. The number of nitrogens with zero attached hydrogens (tertiary/aromatic N) is 3. The van der Waals surface area contributed by atoms with Gasteiger partial charge in [0.05, 0.1) is 25.4 Å². The summed E-state index contributed by atoms with van der Waals surface area (Å²) in [5.41, 5.74) is -1.21. The average molecular weight is 408 g/mol. The minimum atomic E-state index is -4.74. The van der Waals surface area contributed by atoms with Gasteiger partial charge in [0.25, 0.3) is 5.91 Å². The molecule has 0 radical (unpaired) electrons. The molecule has 0 saturated carbocycles. The Hall–Kier alpha value is -3.63. The Morgan fingerprint density at radius 1 is 1.24 bits per heavy atom. The molecule has 29 heavy (non-hydrogen) atoms. The van der Waals surface area contributed by atoms with Crippen LogP contribution in [0.25, 0.3) is 16.9 Å². The quantitative estimate of drug-likeness (QED) is 0.650. The highest BCUT2D eigenvalue weighted by atomic mass is 19.4. The van der Waals surface area contributed by atoms with Crippen LogP contribution in [-0.2, 0) is 11.0 Å². The van der Waals surface area contributed by atoms with Gasteiger partial charge in [-0.3, -0.25) is 9.59 Å². The van der Waals surface area contributed by atoms with Gasteiger partial charge < -0.3 is 15.2 Å². The molecule has 0 aliphatic carbocycles. The maximum absolute atomic E-state index is 13.6. The lowest BCUT2D eigenvalue weighted by Crippen LogP contribution is -2.26. The van der Waals surface area contributed by atoms with Gasteiger partial charge in [0.15, 0.2) is 11.3 Å². The molecule has 0 aliphatic rings. The van der Waals surface area contributed by atoms with Gasteiger partial charge in [0, 0.05) is 12.1 Å². The topological polar surface area (TPSA) is 106 Å². The Balaban J connectivity index is 2.08. The number of fused-ring (bicyclic) bond motifs is 1. The summed E-state index contributed by atoms with van der Waals surface area (Å²) in [4.78, 5) is 27.0. The largest absolute Gasteiger partial charge is 0.497 e. The predicted octanol–water partition coefficient (Wildman–Crippen LogP) is 2.63. The Morgan fingerprint density at radius 2 is 1.93 bits per heavy atom. The van der Waals surface area contributed by atoms with E-state index in [1.165, 1.54) is 7.11 Å². The third-order valence-electron chi connectivity index (χ3n) is 4.02.